The molecule has 3 heteroatoms. The molecule has 0 radical (unpaired) electrons. The molecule has 0 bridgehead atoms. The predicted octanol–water partition coefficient (Wildman–Crippen LogP) is 1.54. The molecule has 1 aliphatic rings. The van der Waals surface area contributed by atoms with Crippen molar-refractivity contribution in [3.63, 3.8) is 0 Å². The number of halogens is 1. The zero-order valence-corrected chi connectivity index (χ0v) is 8.39. The zero-order valence-electron chi connectivity index (χ0n) is 8.39. The lowest BCUT2D eigenvalue weighted by Gasteiger charge is -2.29. The van der Waals surface area contributed by atoms with Gasteiger partial charge in [0.15, 0.2) is 0 Å². The summed E-state index contributed by atoms with van der Waals surface area (Å²) in [6.45, 7) is 5.65. The highest BCUT2D eigenvalue weighted by Gasteiger charge is 2.13. The molecule has 0 aliphatic carbocycles. The first-order chi connectivity index (χ1) is 6.77. The van der Waals surface area contributed by atoms with Crippen LogP contribution in [0.1, 0.15) is 5.56 Å². The minimum atomic E-state index is -0.113. The van der Waals surface area contributed by atoms with E-state index in [4.69, 9.17) is 0 Å². The molecule has 14 heavy (non-hydrogen) atoms. The molecule has 1 N–H and O–H groups in total. The van der Waals surface area contributed by atoms with E-state index in [0.717, 1.165) is 37.4 Å². The van der Waals surface area contributed by atoms with E-state index in [9.17, 15) is 4.39 Å². The molecule has 0 unspecified atom stereocenters. The maximum Gasteiger partial charge on any atom is 0.146 e. The second-order valence-corrected chi connectivity index (χ2v) is 3.69. The van der Waals surface area contributed by atoms with Gasteiger partial charge in [-0.05, 0) is 24.6 Å². The summed E-state index contributed by atoms with van der Waals surface area (Å²) in [4.78, 5) is 2.10. The Hall–Kier alpha value is -1.09. The van der Waals surface area contributed by atoms with E-state index in [1.807, 2.05) is 13.0 Å². The van der Waals surface area contributed by atoms with Crippen LogP contribution in [0.4, 0.5) is 10.1 Å². The summed E-state index contributed by atoms with van der Waals surface area (Å²) in [7, 11) is 0. The average molecular weight is 194 g/mol. The van der Waals surface area contributed by atoms with E-state index in [1.54, 1.807) is 12.1 Å². The fraction of sp³-hybridized carbons (Fsp3) is 0.455. The highest BCUT2D eigenvalue weighted by Crippen LogP contribution is 2.20. The summed E-state index contributed by atoms with van der Waals surface area (Å²) >= 11 is 0. The molecule has 0 spiro atoms. The Morgan fingerprint density at radius 2 is 2.00 bits per heavy atom. The summed E-state index contributed by atoms with van der Waals surface area (Å²) in [5.41, 5.74) is 1.85. The molecule has 1 fully saturated rings. The summed E-state index contributed by atoms with van der Waals surface area (Å²) in [6.07, 6.45) is 0. The maximum atomic E-state index is 13.5. The quantitative estimate of drug-likeness (QED) is 0.729. The van der Waals surface area contributed by atoms with E-state index in [1.165, 1.54) is 0 Å². The fourth-order valence-electron chi connectivity index (χ4n) is 1.77. The van der Waals surface area contributed by atoms with Crippen LogP contribution in [-0.2, 0) is 0 Å². The predicted molar refractivity (Wildman–Crippen MR) is 56.2 cm³/mol. The van der Waals surface area contributed by atoms with Crippen LogP contribution >= 0.6 is 0 Å². The Balaban J connectivity index is 2.24. The van der Waals surface area contributed by atoms with Gasteiger partial charge in [0, 0.05) is 26.2 Å². The summed E-state index contributed by atoms with van der Waals surface area (Å²) in [5, 5.41) is 3.25. The third-order valence-corrected chi connectivity index (χ3v) is 2.56. The lowest BCUT2D eigenvalue weighted by atomic mass is 10.2. The van der Waals surface area contributed by atoms with Gasteiger partial charge in [-0.3, -0.25) is 0 Å². The van der Waals surface area contributed by atoms with E-state index >= 15 is 0 Å². The number of nitrogens with one attached hydrogen (secondary N) is 1. The van der Waals surface area contributed by atoms with Gasteiger partial charge < -0.3 is 10.2 Å². The van der Waals surface area contributed by atoms with Crippen LogP contribution in [0.3, 0.4) is 0 Å². The second kappa shape index (κ2) is 3.96. The maximum absolute atomic E-state index is 13.5. The standard InChI is InChI=1S/C11H15FN2/c1-9-2-3-10(12)11(8-9)14-6-4-13-5-7-14/h2-3,8,13H,4-7H2,1H3. The van der Waals surface area contributed by atoms with Gasteiger partial charge in [-0.15, -0.1) is 0 Å². The topological polar surface area (TPSA) is 15.3 Å². The van der Waals surface area contributed by atoms with Crippen LogP contribution in [0, 0.1) is 12.7 Å². The summed E-state index contributed by atoms with van der Waals surface area (Å²) in [6, 6.07) is 5.27. The molecular formula is C11H15FN2. The van der Waals surface area contributed by atoms with Gasteiger partial charge >= 0.3 is 0 Å². The Morgan fingerprint density at radius 1 is 1.29 bits per heavy atom. The molecule has 2 nitrogen and oxygen atoms in total. The van der Waals surface area contributed by atoms with Crippen molar-refractivity contribution in [3.05, 3.63) is 29.6 Å². The van der Waals surface area contributed by atoms with Crippen molar-refractivity contribution in [3.8, 4) is 0 Å². The number of hydrogen-bond donors (Lipinski definition) is 1. The fourth-order valence-corrected chi connectivity index (χ4v) is 1.77. The molecule has 2 rings (SSSR count). The van der Waals surface area contributed by atoms with Crippen molar-refractivity contribution in [1.29, 1.82) is 0 Å². The SMILES string of the molecule is Cc1ccc(F)c(N2CCNCC2)c1. The van der Waals surface area contributed by atoms with E-state index < -0.39 is 0 Å². The number of benzene rings is 1. The van der Waals surface area contributed by atoms with Gasteiger partial charge in [0.1, 0.15) is 5.82 Å². The first kappa shape index (κ1) is 9.46. The Labute approximate surface area is 83.7 Å². The summed E-state index contributed by atoms with van der Waals surface area (Å²) in [5.74, 6) is -0.113. The number of piperazine rings is 1. The van der Waals surface area contributed by atoms with Crippen molar-refractivity contribution < 1.29 is 4.39 Å². The summed E-state index contributed by atoms with van der Waals surface area (Å²) < 4.78 is 13.5. The van der Waals surface area contributed by atoms with Gasteiger partial charge in [0.05, 0.1) is 5.69 Å². The highest BCUT2D eigenvalue weighted by atomic mass is 19.1. The van der Waals surface area contributed by atoms with E-state index in [0.29, 0.717) is 0 Å². The van der Waals surface area contributed by atoms with Crippen LogP contribution in [-0.4, -0.2) is 26.2 Å². The number of aryl methyl sites for hydroxylation is 1. The second-order valence-electron chi connectivity index (χ2n) is 3.69. The van der Waals surface area contributed by atoms with Crippen molar-refractivity contribution in [2.75, 3.05) is 31.1 Å². The van der Waals surface area contributed by atoms with Crippen molar-refractivity contribution in [1.82, 2.24) is 5.32 Å². The molecule has 1 aromatic rings. The Kier molecular flexibility index (Phi) is 2.68. The van der Waals surface area contributed by atoms with Crippen LogP contribution in [0.25, 0.3) is 0 Å². The van der Waals surface area contributed by atoms with Gasteiger partial charge in [0.2, 0.25) is 0 Å². The van der Waals surface area contributed by atoms with Crippen molar-refractivity contribution in [2.24, 2.45) is 0 Å². The van der Waals surface area contributed by atoms with E-state index in [-0.39, 0.29) is 5.82 Å². The molecule has 0 amide bonds. The Morgan fingerprint density at radius 3 is 2.71 bits per heavy atom. The third kappa shape index (κ3) is 1.87. The van der Waals surface area contributed by atoms with Gasteiger partial charge in [0.25, 0.3) is 0 Å². The molecule has 1 aromatic carbocycles. The number of nitrogens with zero attached hydrogens (tertiary/aromatic N) is 1. The molecule has 76 valence electrons. The highest BCUT2D eigenvalue weighted by molar-refractivity contribution is 5.50. The first-order valence-electron chi connectivity index (χ1n) is 4.99. The minimum absolute atomic E-state index is 0.113. The number of anilines is 1. The number of rotatable bonds is 1. The molecule has 1 heterocycles. The van der Waals surface area contributed by atoms with Crippen LogP contribution in [0.5, 0.6) is 0 Å². The molecule has 0 aromatic heterocycles. The molecular weight excluding hydrogens is 179 g/mol. The van der Waals surface area contributed by atoms with Gasteiger partial charge in [-0.25, -0.2) is 4.39 Å². The smallest absolute Gasteiger partial charge is 0.146 e. The van der Waals surface area contributed by atoms with Gasteiger partial charge in [-0.1, -0.05) is 6.07 Å². The monoisotopic (exact) mass is 194 g/mol. The molecule has 1 aliphatic heterocycles. The molecule has 0 atom stereocenters. The van der Waals surface area contributed by atoms with Crippen molar-refractivity contribution in [2.45, 2.75) is 6.92 Å². The largest absolute Gasteiger partial charge is 0.367 e. The van der Waals surface area contributed by atoms with E-state index in [2.05, 4.69) is 10.2 Å². The third-order valence-electron chi connectivity index (χ3n) is 2.56. The van der Waals surface area contributed by atoms with Crippen molar-refractivity contribution >= 4 is 5.69 Å². The lowest BCUT2D eigenvalue weighted by molar-refractivity contribution is 0.566. The van der Waals surface area contributed by atoms with Crippen LogP contribution in [0.15, 0.2) is 18.2 Å². The normalized spacial score (nSPS) is 17.1. The molecule has 1 saturated heterocycles. The first-order valence-corrected chi connectivity index (χ1v) is 4.99. The lowest BCUT2D eigenvalue weighted by Crippen LogP contribution is -2.43. The average Bonchev–Trinajstić information content (AvgIpc) is 2.23. The number of hydrogen-bond acceptors (Lipinski definition) is 2. The Bertz CT molecular complexity index is 319. The van der Waals surface area contributed by atoms with Crippen LogP contribution in [0.2, 0.25) is 0 Å². The van der Waals surface area contributed by atoms with Gasteiger partial charge in [-0.2, -0.15) is 0 Å². The molecule has 0 saturated carbocycles. The van der Waals surface area contributed by atoms with Crippen LogP contribution < -0.4 is 10.2 Å². The minimum Gasteiger partial charge on any atom is -0.367 e. The zero-order chi connectivity index (χ0) is 9.97.